The van der Waals surface area contributed by atoms with Crippen LogP contribution < -0.4 is 5.73 Å². The number of hydrogen-bond acceptors (Lipinski definition) is 4. The predicted octanol–water partition coefficient (Wildman–Crippen LogP) is 1.58. The highest BCUT2D eigenvalue weighted by atomic mass is 32.1. The fourth-order valence-electron chi connectivity index (χ4n) is 2.55. The van der Waals surface area contributed by atoms with E-state index in [1.807, 2.05) is 0 Å². The number of piperazine rings is 1. The fourth-order valence-corrected chi connectivity index (χ4v) is 3.40. The molecule has 2 N–H and O–H groups in total. The molecule has 0 aromatic carbocycles. The molecule has 0 bridgehead atoms. The summed E-state index contributed by atoms with van der Waals surface area (Å²) >= 11 is 1.80. The van der Waals surface area contributed by atoms with Crippen LogP contribution in [0.2, 0.25) is 0 Å². The lowest BCUT2D eigenvalue weighted by Crippen LogP contribution is -2.54. The van der Waals surface area contributed by atoms with Gasteiger partial charge in [0.25, 0.3) is 0 Å². The monoisotopic (exact) mass is 277 g/mol. The molecule has 0 radical (unpaired) electrons. The highest BCUT2D eigenvalue weighted by Crippen LogP contribution is 2.20. The highest BCUT2D eigenvalue weighted by Gasteiger charge is 2.26. The highest BCUT2D eigenvalue weighted by molar-refractivity contribution is 7.10. The molecule has 1 saturated heterocycles. The maximum absolute atomic E-state index is 5.39. The second kappa shape index (κ2) is 6.53. The Morgan fingerprint density at radius 1 is 1.37 bits per heavy atom. The van der Waals surface area contributed by atoms with Crippen molar-refractivity contribution in [2.45, 2.75) is 32.5 Å². The van der Waals surface area contributed by atoms with Crippen LogP contribution in [0.5, 0.6) is 0 Å². The van der Waals surface area contributed by atoms with Gasteiger partial charge in [0, 0.05) is 47.5 Å². The molecule has 0 spiro atoms. The van der Waals surface area contributed by atoms with E-state index in [0.717, 1.165) is 25.2 Å². The molecule has 2 atom stereocenters. The molecule has 1 aromatic rings. The number of thiophene rings is 1. The summed E-state index contributed by atoms with van der Waals surface area (Å²) < 4.78 is 0. The predicted molar refractivity (Wildman–Crippen MR) is 82.2 cm³/mol. The molecular formula is C15H23N3S. The van der Waals surface area contributed by atoms with Crippen molar-refractivity contribution in [2.24, 2.45) is 5.73 Å². The molecule has 2 unspecified atom stereocenters. The number of hydrogen-bond donors (Lipinski definition) is 1. The molecule has 3 nitrogen and oxygen atoms in total. The third-order valence-corrected chi connectivity index (χ3v) is 4.72. The maximum Gasteiger partial charge on any atom is 0.0555 e. The summed E-state index contributed by atoms with van der Waals surface area (Å²) in [5.74, 6) is 6.00. The van der Waals surface area contributed by atoms with Gasteiger partial charge >= 0.3 is 0 Å². The molecule has 1 aromatic heterocycles. The van der Waals surface area contributed by atoms with E-state index < -0.39 is 0 Å². The molecule has 4 heteroatoms. The Kier molecular flexibility index (Phi) is 5.00. The zero-order valence-corrected chi connectivity index (χ0v) is 12.8. The van der Waals surface area contributed by atoms with E-state index in [1.165, 1.54) is 4.88 Å². The Morgan fingerprint density at radius 3 is 2.68 bits per heavy atom. The van der Waals surface area contributed by atoms with Gasteiger partial charge in [-0.3, -0.25) is 9.80 Å². The van der Waals surface area contributed by atoms with Gasteiger partial charge in [-0.25, -0.2) is 0 Å². The first kappa shape index (κ1) is 14.5. The molecule has 104 valence electrons. The fraction of sp³-hybridized carbons (Fsp3) is 0.600. The number of nitrogens with two attached hydrogens (primary N) is 1. The van der Waals surface area contributed by atoms with Gasteiger partial charge < -0.3 is 5.73 Å². The third-order valence-electron chi connectivity index (χ3n) is 3.80. The average molecular weight is 277 g/mol. The van der Waals surface area contributed by atoms with Crippen LogP contribution in [0.4, 0.5) is 0 Å². The molecule has 19 heavy (non-hydrogen) atoms. The van der Waals surface area contributed by atoms with Crippen LogP contribution in [0.15, 0.2) is 11.4 Å². The summed E-state index contributed by atoms with van der Waals surface area (Å²) in [6, 6.07) is 3.45. The van der Waals surface area contributed by atoms with Crippen molar-refractivity contribution in [1.29, 1.82) is 0 Å². The zero-order chi connectivity index (χ0) is 13.8. The topological polar surface area (TPSA) is 32.5 Å². The van der Waals surface area contributed by atoms with Crippen molar-refractivity contribution < 1.29 is 0 Å². The molecule has 0 saturated carbocycles. The smallest absolute Gasteiger partial charge is 0.0555 e. The van der Waals surface area contributed by atoms with Gasteiger partial charge in [-0.15, -0.1) is 11.3 Å². The second-order valence-corrected chi connectivity index (χ2v) is 6.36. The van der Waals surface area contributed by atoms with Gasteiger partial charge in [-0.2, -0.15) is 0 Å². The quantitative estimate of drug-likeness (QED) is 0.833. The van der Waals surface area contributed by atoms with Gasteiger partial charge in [-0.05, 0) is 27.0 Å². The number of nitrogens with zero attached hydrogens (tertiary/aromatic N) is 2. The largest absolute Gasteiger partial charge is 0.320 e. The van der Waals surface area contributed by atoms with E-state index in [9.17, 15) is 0 Å². The second-order valence-electron chi connectivity index (χ2n) is 5.37. The van der Waals surface area contributed by atoms with E-state index in [4.69, 9.17) is 5.73 Å². The molecule has 0 aliphatic carbocycles. The van der Waals surface area contributed by atoms with Crippen molar-refractivity contribution in [3.8, 4) is 11.8 Å². The van der Waals surface area contributed by atoms with Gasteiger partial charge in [0.1, 0.15) is 0 Å². The molecule has 0 amide bonds. The summed E-state index contributed by atoms with van der Waals surface area (Å²) in [4.78, 5) is 6.40. The van der Waals surface area contributed by atoms with Crippen LogP contribution in [0, 0.1) is 11.8 Å². The normalized spacial score (nSPS) is 25.1. The number of likely N-dealkylation sites (N-methyl/N-ethyl adjacent to an activating group) is 1. The van der Waals surface area contributed by atoms with Crippen LogP contribution in [0.1, 0.15) is 24.3 Å². The summed E-state index contributed by atoms with van der Waals surface area (Å²) in [7, 11) is 2.22. The van der Waals surface area contributed by atoms with E-state index in [0.29, 0.717) is 18.6 Å². The standard InChI is InChI=1S/C15H23N3S/c1-12-8-18(9-13(2)17(12)3)10-15-7-14(11-19-15)5-4-6-16/h7,11-13H,6,8-10,16H2,1-3H3. The van der Waals surface area contributed by atoms with Crippen LogP contribution >= 0.6 is 11.3 Å². The van der Waals surface area contributed by atoms with Crippen molar-refractivity contribution in [3.63, 3.8) is 0 Å². The number of rotatable bonds is 2. The summed E-state index contributed by atoms with van der Waals surface area (Å²) in [6.07, 6.45) is 0. The van der Waals surface area contributed by atoms with E-state index >= 15 is 0 Å². The average Bonchev–Trinajstić information content (AvgIpc) is 2.81. The van der Waals surface area contributed by atoms with Gasteiger partial charge in [0.2, 0.25) is 0 Å². The third kappa shape index (κ3) is 3.80. The van der Waals surface area contributed by atoms with E-state index in [-0.39, 0.29) is 0 Å². The van der Waals surface area contributed by atoms with Gasteiger partial charge in [0.15, 0.2) is 0 Å². The minimum absolute atomic E-state index is 0.429. The Bertz CT molecular complexity index is 459. The van der Waals surface area contributed by atoms with E-state index in [2.05, 4.69) is 54.0 Å². The Balaban J connectivity index is 1.96. The SMILES string of the molecule is CC1CN(Cc2cc(C#CCN)cs2)CC(C)N1C. The Hall–Kier alpha value is -0.860. The minimum atomic E-state index is 0.429. The van der Waals surface area contributed by atoms with E-state index in [1.54, 1.807) is 11.3 Å². The molecule has 1 aliphatic rings. The Labute approximate surface area is 120 Å². The Morgan fingerprint density at radius 2 is 2.05 bits per heavy atom. The maximum atomic E-state index is 5.39. The van der Waals surface area contributed by atoms with Crippen molar-refractivity contribution in [3.05, 3.63) is 21.9 Å². The molecule has 2 rings (SSSR count). The van der Waals surface area contributed by atoms with Crippen molar-refractivity contribution in [1.82, 2.24) is 9.80 Å². The lowest BCUT2D eigenvalue weighted by molar-refractivity contribution is 0.0562. The first-order valence-electron chi connectivity index (χ1n) is 6.80. The zero-order valence-electron chi connectivity index (χ0n) is 12.0. The molecule has 1 aliphatic heterocycles. The van der Waals surface area contributed by atoms with Gasteiger partial charge in [0.05, 0.1) is 6.54 Å². The molecule has 1 fully saturated rings. The van der Waals surface area contributed by atoms with Crippen LogP contribution in [0.25, 0.3) is 0 Å². The van der Waals surface area contributed by atoms with Crippen LogP contribution in [0.3, 0.4) is 0 Å². The minimum Gasteiger partial charge on any atom is -0.320 e. The lowest BCUT2D eigenvalue weighted by Gasteiger charge is -2.42. The van der Waals surface area contributed by atoms with Crippen LogP contribution in [-0.4, -0.2) is 48.6 Å². The van der Waals surface area contributed by atoms with Gasteiger partial charge in [-0.1, -0.05) is 11.8 Å². The summed E-state index contributed by atoms with van der Waals surface area (Å²) in [5, 5.41) is 2.13. The first-order valence-corrected chi connectivity index (χ1v) is 7.68. The summed E-state index contributed by atoms with van der Waals surface area (Å²) in [6.45, 7) is 8.35. The lowest BCUT2D eigenvalue weighted by atomic mass is 10.1. The van der Waals surface area contributed by atoms with Crippen LogP contribution in [-0.2, 0) is 6.54 Å². The van der Waals surface area contributed by atoms with Crippen molar-refractivity contribution >= 4 is 11.3 Å². The molecule has 2 heterocycles. The summed E-state index contributed by atoms with van der Waals surface area (Å²) in [5.41, 5.74) is 6.49. The first-order chi connectivity index (χ1) is 9.10. The van der Waals surface area contributed by atoms with Crippen molar-refractivity contribution in [2.75, 3.05) is 26.7 Å². The molecular weight excluding hydrogens is 254 g/mol.